The number of anilines is 2. The van der Waals surface area contributed by atoms with Crippen LogP contribution in [0.25, 0.3) is 0 Å². The van der Waals surface area contributed by atoms with Gasteiger partial charge >= 0.3 is 0 Å². The Labute approximate surface area is 312 Å². The minimum atomic E-state index is -3.99. The molecule has 2 fully saturated rings. The third kappa shape index (κ3) is 7.61. The van der Waals surface area contributed by atoms with Gasteiger partial charge < -0.3 is 20.4 Å². The lowest BCUT2D eigenvalue weighted by Crippen LogP contribution is -2.25. The maximum Gasteiger partial charge on any atom is 0.206 e. The molecule has 4 aliphatic rings. The van der Waals surface area contributed by atoms with E-state index in [0.717, 1.165) is 99.6 Å². The van der Waals surface area contributed by atoms with Crippen molar-refractivity contribution in [1.29, 1.82) is 0 Å². The van der Waals surface area contributed by atoms with Crippen LogP contribution in [0.15, 0.2) is 98.4 Å². The predicted octanol–water partition coefficient (Wildman–Crippen LogP) is 7.61. The molecule has 4 aromatic rings. The number of halogens is 2. The summed E-state index contributed by atoms with van der Waals surface area (Å²) >= 11 is 0. The van der Waals surface area contributed by atoms with Gasteiger partial charge in [0.05, 0.1) is 19.6 Å². The highest BCUT2D eigenvalue weighted by atomic mass is 32.2. The summed E-state index contributed by atoms with van der Waals surface area (Å²) in [6.07, 6.45) is 4.14. The summed E-state index contributed by atoms with van der Waals surface area (Å²) in [5.74, 6) is -1.16. The van der Waals surface area contributed by atoms with Gasteiger partial charge in [-0.25, -0.2) is 25.6 Å². The number of benzene rings is 4. The van der Waals surface area contributed by atoms with Crippen LogP contribution < -0.4 is 10.6 Å². The van der Waals surface area contributed by atoms with Gasteiger partial charge in [-0.1, -0.05) is 31.5 Å². The van der Waals surface area contributed by atoms with E-state index < -0.39 is 31.3 Å². The van der Waals surface area contributed by atoms with Crippen LogP contribution in [-0.4, -0.2) is 78.0 Å². The monoisotopic (exact) mass is 762 g/mol. The zero-order chi connectivity index (χ0) is 37.5. The number of likely N-dealkylation sites (tertiary alicyclic amines) is 2. The van der Waals surface area contributed by atoms with Crippen molar-refractivity contribution in [3.05, 3.63) is 107 Å². The van der Waals surface area contributed by atoms with Crippen molar-refractivity contribution in [3.63, 3.8) is 0 Å². The molecule has 0 unspecified atom stereocenters. The molecule has 0 bridgehead atoms. The van der Waals surface area contributed by atoms with Gasteiger partial charge in [0.2, 0.25) is 19.7 Å². The Morgan fingerprint density at radius 1 is 0.566 bits per heavy atom. The van der Waals surface area contributed by atoms with Crippen LogP contribution in [0, 0.1) is 18.6 Å². The first-order valence-corrected chi connectivity index (χ1v) is 21.6. The molecule has 4 aromatic carbocycles. The van der Waals surface area contributed by atoms with Gasteiger partial charge in [-0.05, 0) is 131 Å². The van der Waals surface area contributed by atoms with Crippen LogP contribution in [0.2, 0.25) is 0 Å². The first-order chi connectivity index (χ1) is 25.4. The Morgan fingerprint density at radius 3 is 1.43 bits per heavy atom. The Hall–Kier alpha value is -3.84. The first kappa shape index (κ1) is 37.5. The number of fused-ring (bicyclic) bond motifs is 6. The van der Waals surface area contributed by atoms with Gasteiger partial charge in [0.15, 0.2) is 0 Å². The Kier molecular flexibility index (Phi) is 10.7. The fraction of sp³-hybridized carbons (Fsp3) is 0.415. The van der Waals surface area contributed by atoms with E-state index in [9.17, 15) is 25.6 Å². The predicted molar refractivity (Wildman–Crippen MR) is 204 cm³/mol. The highest BCUT2D eigenvalue weighted by molar-refractivity contribution is 7.91. The third-order valence-electron chi connectivity index (χ3n) is 11.5. The molecular formula is C41H48F2N4O4S2. The molecule has 0 aliphatic carbocycles. The second-order valence-electron chi connectivity index (χ2n) is 14.7. The highest BCUT2D eigenvalue weighted by Gasteiger charge is 2.37. The van der Waals surface area contributed by atoms with E-state index in [1.807, 2.05) is 31.2 Å². The SMILES string of the molecule is CCN1CC[C@@H]2Nc3ccc(S(=O)(=O)c4cc(F)cc(F)c4)cc3[C@H]2CC1.CCN1CC[C@@H]2Nc3ccc(S(=O)(=O)c4ccc(C)cc4)cc3[C@H]2CC1. The lowest BCUT2D eigenvalue weighted by molar-refractivity contribution is 0.298. The van der Waals surface area contributed by atoms with Crippen LogP contribution in [0.3, 0.4) is 0 Å². The molecule has 0 aromatic heterocycles. The van der Waals surface area contributed by atoms with Gasteiger partial charge in [-0.3, -0.25) is 0 Å². The number of nitrogens with zero attached hydrogens (tertiary/aromatic N) is 2. The Morgan fingerprint density at radius 2 is 0.981 bits per heavy atom. The first-order valence-electron chi connectivity index (χ1n) is 18.7. The number of nitrogens with one attached hydrogen (secondary N) is 2. The second kappa shape index (κ2) is 15.1. The molecule has 4 heterocycles. The molecule has 0 amide bonds. The summed E-state index contributed by atoms with van der Waals surface area (Å²) in [5, 5.41) is 7.14. The molecule has 282 valence electrons. The lowest BCUT2D eigenvalue weighted by atomic mass is 9.91. The number of hydrogen-bond acceptors (Lipinski definition) is 8. The van der Waals surface area contributed by atoms with Gasteiger partial charge in [-0.2, -0.15) is 0 Å². The summed E-state index contributed by atoms with van der Waals surface area (Å²) in [7, 11) is -7.46. The van der Waals surface area contributed by atoms with Crippen molar-refractivity contribution in [2.24, 2.45) is 0 Å². The van der Waals surface area contributed by atoms with E-state index in [0.29, 0.717) is 33.9 Å². The van der Waals surface area contributed by atoms with E-state index >= 15 is 0 Å². The third-order valence-corrected chi connectivity index (χ3v) is 15.0. The van der Waals surface area contributed by atoms with E-state index in [-0.39, 0.29) is 15.7 Å². The number of rotatable bonds is 6. The summed E-state index contributed by atoms with van der Waals surface area (Å²) < 4.78 is 78.9. The van der Waals surface area contributed by atoms with Gasteiger partial charge in [-0.15, -0.1) is 0 Å². The van der Waals surface area contributed by atoms with Crippen molar-refractivity contribution in [3.8, 4) is 0 Å². The van der Waals surface area contributed by atoms with E-state index in [4.69, 9.17) is 0 Å². The van der Waals surface area contributed by atoms with Gasteiger partial charge in [0, 0.05) is 54.5 Å². The normalized spacial score (nSPS) is 22.8. The van der Waals surface area contributed by atoms with Crippen LogP contribution >= 0.6 is 0 Å². The molecule has 53 heavy (non-hydrogen) atoms. The minimum Gasteiger partial charge on any atom is -0.381 e. The Balaban J connectivity index is 0.000000164. The molecule has 8 nitrogen and oxygen atoms in total. The summed E-state index contributed by atoms with van der Waals surface area (Å²) in [4.78, 5) is 5.36. The smallest absolute Gasteiger partial charge is 0.206 e. The fourth-order valence-corrected chi connectivity index (χ4v) is 11.0. The van der Waals surface area contributed by atoms with E-state index in [1.165, 1.54) is 11.6 Å². The standard InChI is InChI=1S/C21H26N2O2S.C20H22F2N2O2S/c1-3-23-12-10-18-19-14-17(8-9-20(19)22-21(18)11-13-23)26(24,25)16-6-4-15(2)5-7-16;1-2-24-7-5-17-18-12-15(3-4-19(18)23-20(17)6-8-24)27(25,26)16-10-13(21)9-14(22)11-16/h4-9,14,18,21-22H,3,10-13H2,1-2H3;3-4,9-12,17,20,23H,2,5-8H2,1H3/t18-,21+;17-,20+/m11/s1. The van der Waals surface area contributed by atoms with Crippen molar-refractivity contribution >= 4 is 31.0 Å². The van der Waals surface area contributed by atoms with Crippen LogP contribution in [0.1, 0.15) is 68.1 Å². The Bertz CT molecular complexity index is 2180. The molecule has 0 spiro atoms. The molecule has 0 radical (unpaired) electrons. The average molecular weight is 763 g/mol. The van der Waals surface area contributed by atoms with Crippen LogP contribution in [0.4, 0.5) is 20.2 Å². The summed E-state index contributed by atoms with van der Waals surface area (Å²) in [6.45, 7) is 12.6. The summed E-state index contributed by atoms with van der Waals surface area (Å²) in [5.41, 5.74) is 5.27. The quantitative estimate of drug-likeness (QED) is 0.207. The summed E-state index contributed by atoms with van der Waals surface area (Å²) in [6, 6.07) is 20.7. The molecule has 2 N–H and O–H groups in total. The van der Waals surface area contributed by atoms with Crippen molar-refractivity contribution < 1.29 is 25.6 Å². The minimum absolute atomic E-state index is 0.0743. The molecule has 2 saturated heterocycles. The number of aryl methyl sites for hydroxylation is 1. The molecule has 12 heteroatoms. The average Bonchev–Trinajstić information content (AvgIpc) is 3.50. The number of hydrogen-bond donors (Lipinski definition) is 2. The van der Waals surface area contributed by atoms with Crippen LogP contribution in [-0.2, 0) is 19.7 Å². The fourth-order valence-electron chi connectivity index (χ4n) is 8.40. The molecule has 8 rings (SSSR count). The maximum atomic E-state index is 13.5. The number of sulfone groups is 2. The van der Waals surface area contributed by atoms with Crippen LogP contribution in [0.5, 0.6) is 0 Å². The van der Waals surface area contributed by atoms with E-state index in [1.54, 1.807) is 30.3 Å². The van der Waals surface area contributed by atoms with Crippen molar-refractivity contribution in [1.82, 2.24) is 9.80 Å². The lowest BCUT2D eigenvalue weighted by Gasteiger charge is -2.17. The van der Waals surface area contributed by atoms with Crippen molar-refractivity contribution in [2.75, 3.05) is 49.9 Å². The molecular weight excluding hydrogens is 715 g/mol. The molecule has 0 saturated carbocycles. The zero-order valence-electron chi connectivity index (χ0n) is 30.5. The molecule has 4 atom stereocenters. The van der Waals surface area contributed by atoms with Gasteiger partial charge in [0.1, 0.15) is 11.6 Å². The zero-order valence-corrected chi connectivity index (χ0v) is 32.1. The van der Waals surface area contributed by atoms with Crippen molar-refractivity contribution in [2.45, 2.75) is 90.0 Å². The van der Waals surface area contributed by atoms with Gasteiger partial charge in [0.25, 0.3) is 0 Å². The molecule has 4 aliphatic heterocycles. The second-order valence-corrected chi connectivity index (χ2v) is 18.6. The van der Waals surface area contributed by atoms with E-state index in [2.05, 4.69) is 34.3 Å². The topological polar surface area (TPSA) is 98.8 Å². The highest BCUT2D eigenvalue weighted by Crippen LogP contribution is 2.44. The largest absolute Gasteiger partial charge is 0.381 e. The maximum absolute atomic E-state index is 13.5.